The molecule has 2 aromatic heterocycles. The summed E-state index contributed by atoms with van der Waals surface area (Å²) in [6.07, 6.45) is -0.537. The van der Waals surface area contributed by atoms with E-state index in [1.54, 1.807) is 15.8 Å². The number of amides is 1. The molecular weight excluding hydrogens is 443 g/mol. The number of hydrogen-bond donors (Lipinski definition) is 0. The van der Waals surface area contributed by atoms with Crippen LogP contribution < -0.4 is 0 Å². The van der Waals surface area contributed by atoms with E-state index in [2.05, 4.69) is 12.0 Å². The van der Waals surface area contributed by atoms with Gasteiger partial charge in [0, 0.05) is 30.4 Å². The normalized spacial score (nSPS) is 22.0. The average Bonchev–Trinajstić information content (AvgIpc) is 3.20. The minimum atomic E-state index is -4.51. The second kappa shape index (κ2) is 7.92. The molecule has 9 heteroatoms. The lowest BCUT2D eigenvalue weighted by Crippen LogP contribution is -2.53. The summed E-state index contributed by atoms with van der Waals surface area (Å²) in [5.74, 6) is 0.335. The van der Waals surface area contributed by atoms with Crippen molar-refractivity contribution < 1.29 is 18.0 Å². The van der Waals surface area contributed by atoms with Gasteiger partial charge in [-0.3, -0.25) is 9.48 Å². The molecule has 34 heavy (non-hydrogen) atoms. The van der Waals surface area contributed by atoms with Gasteiger partial charge in [-0.25, -0.2) is 9.97 Å². The van der Waals surface area contributed by atoms with Gasteiger partial charge in [0.25, 0.3) is 5.91 Å². The molecule has 2 bridgehead atoms. The summed E-state index contributed by atoms with van der Waals surface area (Å²) in [6, 6.07) is 5.29. The van der Waals surface area contributed by atoms with Crippen molar-refractivity contribution in [2.24, 2.45) is 13.0 Å². The molecule has 0 spiro atoms. The molecule has 3 atom stereocenters. The number of alkyl halides is 3. The van der Waals surface area contributed by atoms with Crippen molar-refractivity contribution in [1.29, 1.82) is 0 Å². The molecule has 0 saturated carbocycles. The Morgan fingerprint density at radius 2 is 1.88 bits per heavy atom. The highest BCUT2D eigenvalue weighted by molar-refractivity contribution is 5.97. The zero-order chi connectivity index (χ0) is 24.4. The quantitative estimate of drug-likeness (QED) is 0.527. The zero-order valence-electron chi connectivity index (χ0n) is 19.5. The summed E-state index contributed by atoms with van der Waals surface area (Å²) >= 11 is 0. The highest BCUT2D eigenvalue weighted by Gasteiger charge is 2.46. The van der Waals surface area contributed by atoms with Crippen molar-refractivity contribution in [2.45, 2.75) is 58.3 Å². The van der Waals surface area contributed by atoms with Gasteiger partial charge in [0.2, 0.25) is 0 Å². The lowest BCUT2D eigenvalue weighted by atomic mass is 9.76. The van der Waals surface area contributed by atoms with E-state index < -0.39 is 11.7 Å². The molecule has 0 aliphatic carbocycles. The first-order valence-electron chi connectivity index (χ1n) is 11.4. The number of rotatable bonds is 2. The van der Waals surface area contributed by atoms with Crippen LogP contribution in [0.3, 0.4) is 0 Å². The van der Waals surface area contributed by atoms with Crippen LogP contribution in [-0.4, -0.2) is 36.6 Å². The van der Waals surface area contributed by atoms with Gasteiger partial charge in [-0.2, -0.15) is 18.3 Å². The molecule has 5 rings (SSSR count). The smallest absolute Gasteiger partial charge is 0.326 e. The SMILES string of the molecule is Cc1nc(-c2ccnn2C)c2c(n1)[C@H]1[C@H](C)CC[C@@H](C2)N1C(=O)c1cccc(C(F)(F)F)c1C. The third kappa shape index (κ3) is 3.49. The first-order valence-corrected chi connectivity index (χ1v) is 11.4. The van der Waals surface area contributed by atoms with Crippen molar-refractivity contribution >= 4 is 5.91 Å². The summed E-state index contributed by atoms with van der Waals surface area (Å²) in [4.78, 5) is 25.1. The van der Waals surface area contributed by atoms with E-state index in [0.29, 0.717) is 12.2 Å². The van der Waals surface area contributed by atoms with Crippen molar-refractivity contribution in [3.8, 4) is 11.4 Å². The van der Waals surface area contributed by atoms with E-state index in [-0.39, 0.29) is 35.0 Å². The van der Waals surface area contributed by atoms with Crippen molar-refractivity contribution in [2.75, 3.05) is 0 Å². The first kappa shape index (κ1) is 22.6. The Morgan fingerprint density at radius 1 is 1.12 bits per heavy atom. The maximum Gasteiger partial charge on any atom is 0.416 e. The topological polar surface area (TPSA) is 63.9 Å². The van der Waals surface area contributed by atoms with Crippen LogP contribution >= 0.6 is 0 Å². The second-order valence-electron chi connectivity index (χ2n) is 9.37. The van der Waals surface area contributed by atoms with Crippen LogP contribution in [0.15, 0.2) is 30.5 Å². The molecule has 0 radical (unpaired) electrons. The molecule has 3 aromatic rings. The highest BCUT2D eigenvalue weighted by Crippen LogP contribution is 2.47. The summed E-state index contributed by atoms with van der Waals surface area (Å²) in [7, 11) is 1.86. The van der Waals surface area contributed by atoms with Gasteiger partial charge in [0.15, 0.2) is 0 Å². The van der Waals surface area contributed by atoms with E-state index in [0.717, 1.165) is 41.6 Å². The molecule has 1 amide bonds. The molecule has 1 saturated heterocycles. The van der Waals surface area contributed by atoms with E-state index >= 15 is 0 Å². The summed E-state index contributed by atoms with van der Waals surface area (Å²) < 4.78 is 42.4. The average molecular weight is 470 g/mol. The molecule has 2 aliphatic heterocycles. The number of carbonyl (C=O) groups is 1. The fraction of sp³-hybridized carbons (Fsp3) is 0.440. The monoisotopic (exact) mass is 469 g/mol. The van der Waals surface area contributed by atoms with Gasteiger partial charge in [-0.05, 0) is 62.8 Å². The molecule has 0 N–H and O–H groups in total. The van der Waals surface area contributed by atoms with Gasteiger partial charge in [0.05, 0.1) is 28.7 Å². The number of piperidine rings is 1. The van der Waals surface area contributed by atoms with E-state index in [4.69, 9.17) is 9.97 Å². The standard InChI is InChI=1S/C25H26F3N5O/c1-13-8-9-16-12-18-21(20-10-11-29-32(20)4)30-15(3)31-22(18)23(13)33(16)24(34)17-6-5-7-19(14(17)2)25(26,27)28/h5-7,10-11,13,16,23H,8-9,12H2,1-4H3/t13-,16+,23-/m1/s1. The Morgan fingerprint density at radius 3 is 2.56 bits per heavy atom. The highest BCUT2D eigenvalue weighted by atomic mass is 19.4. The van der Waals surface area contributed by atoms with Crippen LogP contribution in [0.2, 0.25) is 0 Å². The fourth-order valence-corrected chi connectivity index (χ4v) is 5.58. The number of aryl methyl sites for hydroxylation is 2. The maximum absolute atomic E-state index is 13.8. The van der Waals surface area contributed by atoms with Gasteiger partial charge >= 0.3 is 6.18 Å². The Hall–Kier alpha value is -3.23. The Bertz CT molecular complexity index is 1280. The van der Waals surface area contributed by atoms with E-state index in [1.807, 2.05) is 20.0 Å². The number of aromatic nitrogens is 4. The number of halogens is 3. The molecule has 1 aromatic carbocycles. The van der Waals surface area contributed by atoms with Crippen molar-refractivity contribution in [1.82, 2.24) is 24.6 Å². The molecular formula is C25H26F3N5O. The summed E-state index contributed by atoms with van der Waals surface area (Å²) in [5.41, 5.74) is 2.78. The first-order chi connectivity index (χ1) is 16.1. The van der Waals surface area contributed by atoms with E-state index in [1.165, 1.54) is 19.1 Å². The minimum Gasteiger partial charge on any atom is -0.326 e. The number of nitrogens with zero attached hydrogens (tertiary/aromatic N) is 5. The predicted molar refractivity (Wildman–Crippen MR) is 120 cm³/mol. The number of benzene rings is 1. The van der Waals surface area contributed by atoms with Crippen molar-refractivity contribution in [3.05, 3.63) is 64.2 Å². The molecule has 178 valence electrons. The van der Waals surface area contributed by atoms with Crippen LogP contribution in [0.1, 0.15) is 64.4 Å². The lowest BCUT2D eigenvalue weighted by molar-refractivity contribution is -0.138. The fourth-order valence-electron chi connectivity index (χ4n) is 5.58. The van der Waals surface area contributed by atoms with Crippen LogP contribution in [0, 0.1) is 19.8 Å². The molecule has 0 unspecified atom stereocenters. The molecule has 1 fully saturated rings. The van der Waals surface area contributed by atoms with Gasteiger partial charge in [-0.15, -0.1) is 0 Å². The predicted octanol–water partition coefficient (Wildman–Crippen LogP) is 5.05. The Labute approximate surface area is 195 Å². The molecule has 2 aliphatic rings. The Balaban J connectivity index is 1.64. The van der Waals surface area contributed by atoms with E-state index in [9.17, 15) is 18.0 Å². The van der Waals surface area contributed by atoms with Crippen LogP contribution in [0.5, 0.6) is 0 Å². The third-order valence-electron chi connectivity index (χ3n) is 7.23. The summed E-state index contributed by atoms with van der Waals surface area (Å²) in [5, 5.41) is 4.28. The number of fused-ring (bicyclic) bond motifs is 4. The maximum atomic E-state index is 13.8. The second-order valence-corrected chi connectivity index (χ2v) is 9.37. The summed E-state index contributed by atoms with van der Waals surface area (Å²) in [6.45, 7) is 5.28. The largest absolute Gasteiger partial charge is 0.416 e. The van der Waals surface area contributed by atoms with Crippen LogP contribution in [0.4, 0.5) is 13.2 Å². The van der Waals surface area contributed by atoms with Crippen LogP contribution in [-0.2, 0) is 19.6 Å². The number of hydrogen-bond acceptors (Lipinski definition) is 4. The molecule has 4 heterocycles. The van der Waals surface area contributed by atoms with Crippen molar-refractivity contribution in [3.63, 3.8) is 0 Å². The van der Waals surface area contributed by atoms with Gasteiger partial charge < -0.3 is 4.90 Å². The lowest BCUT2D eigenvalue weighted by Gasteiger charge is -2.49. The van der Waals surface area contributed by atoms with Crippen LogP contribution in [0.25, 0.3) is 11.4 Å². The van der Waals surface area contributed by atoms with Gasteiger partial charge in [0.1, 0.15) is 5.82 Å². The molecule has 6 nitrogen and oxygen atoms in total. The number of carbonyl (C=O) groups excluding carboxylic acids is 1. The zero-order valence-corrected chi connectivity index (χ0v) is 19.5. The Kier molecular flexibility index (Phi) is 5.26. The minimum absolute atomic E-state index is 0.0361. The third-order valence-corrected chi connectivity index (χ3v) is 7.23. The van der Waals surface area contributed by atoms with Gasteiger partial charge in [-0.1, -0.05) is 13.0 Å².